The zero-order valence-corrected chi connectivity index (χ0v) is 21.0. The summed E-state index contributed by atoms with van der Waals surface area (Å²) in [4.78, 5) is 50.9. The van der Waals surface area contributed by atoms with E-state index in [1.807, 2.05) is 35.3 Å². The summed E-state index contributed by atoms with van der Waals surface area (Å²) in [5.74, 6) is -0.607. The highest BCUT2D eigenvalue weighted by molar-refractivity contribution is 6.37. The molecule has 12 heteroatoms. The van der Waals surface area contributed by atoms with Crippen molar-refractivity contribution in [2.75, 3.05) is 6.61 Å². The van der Waals surface area contributed by atoms with Crippen LogP contribution in [0.1, 0.15) is 29.4 Å². The Labute approximate surface area is 219 Å². The van der Waals surface area contributed by atoms with Crippen molar-refractivity contribution in [3.8, 4) is 17.2 Å². The van der Waals surface area contributed by atoms with Gasteiger partial charge in [-0.2, -0.15) is 9.78 Å². The lowest BCUT2D eigenvalue weighted by Gasteiger charge is -2.14. The average Bonchev–Trinajstić information content (AvgIpc) is 2.87. The van der Waals surface area contributed by atoms with E-state index in [4.69, 9.17) is 32.7 Å². The molecule has 4 aromatic rings. The third-order valence-electron chi connectivity index (χ3n) is 5.06. The van der Waals surface area contributed by atoms with Crippen LogP contribution in [0.25, 0.3) is 5.69 Å². The Balaban J connectivity index is 1.65. The van der Waals surface area contributed by atoms with Crippen molar-refractivity contribution in [1.82, 2.24) is 19.3 Å². The molecule has 1 N–H and O–H groups in total. The van der Waals surface area contributed by atoms with Gasteiger partial charge in [-0.1, -0.05) is 60.5 Å². The fourth-order valence-corrected chi connectivity index (χ4v) is 3.88. The lowest BCUT2D eigenvalue weighted by molar-refractivity contribution is 0.0493. The highest BCUT2D eigenvalue weighted by atomic mass is 35.5. The Morgan fingerprint density at radius 2 is 1.73 bits per heavy atom. The number of esters is 1. The molecule has 190 valence electrons. The van der Waals surface area contributed by atoms with Crippen LogP contribution in [0.4, 0.5) is 0 Å². The summed E-state index contributed by atoms with van der Waals surface area (Å²) in [6.07, 6.45) is 2.07. The van der Waals surface area contributed by atoms with Crippen LogP contribution >= 0.6 is 23.2 Å². The van der Waals surface area contributed by atoms with Gasteiger partial charge in [0.2, 0.25) is 5.69 Å². The highest BCUT2D eigenvalue weighted by Gasteiger charge is 2.19. The van der Waals surface area contributed by atoms with Crippen molar-refractivity contribution in [2.24, 2.45) is 0 Å². The van der Waals surface area contributed by atoms with E-state index in [2.05, 4.69) is 5.10 Å². The molecule has 0 radical (unpaired) electrons. The van der Waals surface area contributed by atoms with Crippen LogP contribution in [0.15, 0.2) is 75.2 Å². The number of ether oxygens (including phenoxy) is 2. The van der Waals surface area contributed by atoms with E-state index in [1.165, 1.54) is 35.0 Å². The molecule has 2 aromatic heterocycles. The smallest absolute Gasteiger partial charge is 0.364 e. The molecule has 0 atom stereocenters. The molecule has 0 saturated carbocycles. The number of hydrogen-bond acceptors (Lipinski definition) is 7. The fraction of sp³-hybridized carbons (Fsp3) is 0.160. The summed E-state index contributed by atoms with van der Waals surface area (Å²) in [6, 6.07) is 14.9. The van der Waals surface area contributed by atoms with Crippen molar-refractivity contribution < 1.29 is 14.3 Å². The number of halogens is 2. The number of rotatable bonds is 8. The van der Waals surface area contributed by atoms with Crippen molar-refractivity contribution in [1.29, 1.82) is 0 Å². The van der Waals surface area contributed by atoms with Gasteiger partial charge in [0.25, 0.3) is 11.1 Å². The Kier molecular flexibility index (Phi) is 7.90. The Bertz CT molecular complexity index is 1610. The predicted octanol–water partition coefficient (Wildman–Crippen LogP) is 3.80. The lowest BCUT2D eigenvalue weighted by atomic mass is 10.2. The summed E-state index contributed by atoms with van der Waals surface area (Å²) in [7, 11) is 0. The average molecular weight is 543 g/mol. The first-order chi connectivity index (χ1) is 17.8. The molecule has 0 spiro atoms. The topological polar surface area (TPSA) is 125 Å². The second-order valence-electron chi connectivity index (χ2n) is 7.81. The zero-order valence-electron chi connectivity index (χ0n) is 19.4. The summed E-state index contributed by atoms with van der Waals surface area (Å²) >= 11 is 12.8. The molecule has 0 aliphatic rings. The van der Waals surface area contributed by atoms with E-state index in [0.29, 0.717) is 18.7 Å². The molecule has 0 unspecified atom stereocenters. The van der Waals surface area contributed by atoms with Gasteiger partial charge in [0.05, 0.1) is 35.1 Å². The van der Waals surface area contributed by atoms with Gasteiger partial charge in [-0.25, -0.2) is 9.59 Å². The van der Waals surface area contributed by atoms with Crippen LogP contribution in [0.2, 0.25) is 10.0 Å². The Morgan fingerprint density at radius 1 is 1.03 bits per heavy atom. The molecular formula is C25H20Cl2N4O6. The van der Waals surface area contributed by atoms with E-state index < -0.39 is 22.9 Å². The number of nitrogens with zero attached hydrogens (tertiary/aromatic N) is 3. The minimum atomic E-state index is -0.981. The summed E-state index contributed by atoms with van der Waals surface area (Å²) in [6.45, 7) is 2.21. The number of benzene rings is 2. The maximum Gasteiger partial charge on any atom is 0.364 e. The molecule has 4 rings (SSSR count). The maximum absolute atomic E-state index is 12.4. The van der Waals surface area contributed by atoms with E-state index in [-0.39, 0.29) is 33.6 Å². The van der Waals surface area contributed by atoms with Crippen molar-refractivity contribution in [3.05, 3.63) is 113 Å². The predicted molar refractivity (Wildman–Crippen MR) is 137 cm³/mol. The number of H-pyrrole nitrogens is 1. The number of hydrogen-bond donors (Lipinski definition) is 1. The van der Waals surface area contributed by atoms with Crippen LogP contribution in [-0.2, 0) is 11.3 Å². The van der Waals surface area contributed by atoms with E-state index in [0.717, 1.165) is 10.2 Å². The Hall–Kier alpha value is -4.15. The first-order valence-corrected chi connectivity index (χ1v) is 11.8. The van der Waals surface area contributed by atoms with Gasteiger partial charge in [-0.05, 0) is 30.2 Å². The van der Waals surface area contributed by atoms with Crippen LogP contribution in [0.3, 0.4) is 0 Å². The minimum absolute atomic E-state index is 0.0123. The normalized spacial score (nSPS) is 10.8. The summed E-state index contributed by atoms with van der Waals surface area (Å²) in [5, 5.41) is 3.87. The minimum Gasteiger partial charge on any atom is -0.461 e. The number of aromatic nitrogens is 4. The van der Waals surface area contributed by atoms with Gasteiger partial charge in [0.1, 0.15) is 5.75 Å². The molecule has 2 aromatic carbocycles. The van der Waals surface area contributed by atoms with E-state index in [9.17, 15) is 19.2 Å². The number of aromatic amines is 1. The van der Waals surface area contributed by atoms with Crippen LogP contribution < -0.4 is 21.5 Å². The SMILES string of the molecule is CCCOC(=O)c1nn(-c2cc(Cl)c(Oc3ccc(=O)n(Cc4ccccc4)c3)c(Cl)c2)c(=O)[nH]c1=O. The van der Waals surface area contributed by atoms with Crippen LogP contribution in [0, 0.1) is 0 Å². The summed E-state index contributed by atoms with van der Waals surface area (Å²) in [5.41, 5.74) is -1.71. The van der Waals surface area contributed by atoms with Gasteiger partial charge < -0.3 is 14.0 Å². The van der Waals surface area contributed by atoms with Gasteiger partial charge in [0, 0.05) is 6.07 Å². The fourth-order valence-electron chi connectivity index (χ4n) is 3.33. The number of nitrogens with one attached hydrogen (secondary N) is 1. The maximum atomic E-state index is 12.4. The molecular weight excluding hydrogens is 523 g/mol. The van der Waals surface area contributed by atoms with Gasteiger partial charge in [-0.15, -0.1) is 0 Å². The standard InChI is InChI=1S/C25H20Cl2N4O6/c1-2-10-36-24(34)21-23(33)28-25(35)31(29-21)16-11-18(26)22(19(27)12-16)37-17-8-9-20(32)30(14-17)13-15-6-4-3-5-7-15/h3-9,11-12,14H,2,10,13H2,1H3,(H,28,33,35). The third kappa shape index (κ3) is 5.99. The molecule has 0 saturated heterocycles. The molecule has 0 amide bonds. The molecule has 0 aliphatic carbocycles. The van der Waals surface area contributed by atoms with Gasteiger partial charge in [-0.3, -0.25) is 14.6 Å². The first-order valence-electron chi connectivity index (χ1n) is 11.1. The summed E-state index contributed by atoms with van der Waals surface area (Å²) < 4.78 is 13.0. The lowest BCUT2D eigenvalue weighted by Crippen LogP contribution is -2.36. The van der Waals surface area contributed by atoms with Gasteiger partial charge in [0.15, 0.2) is 5.75 Å². The first kappa shape index (κ1) is 25.9. The van der Waals surface area contributed by atoms with E-state index >= 15 is 0 Å². The zero-order chi connectivity index (χ0) is 26.5. The molecule has 2 heterocycles. The number of carbonyl (C=O) groups excluding carboxylic acids is 1. The largest absolute Gasteiger partial charge is 0.461 e. The number of carbonyl (C=O) groups is 1. The van der Waals surface area contributed by atoms with Crippen molar-refractivity contribution >= 4 is 29.2 Å². The second-order valence-corrected chi connectivity index (χ2v) is 8.63. The quantitative estimate of drug-likeness (QED) is 0.335. The molecule has 37 heavy (non-hydrogen) atoms. The number of pyridine rings is 1. The Morgan fingerprint density at radius 3 is 2.41 bits per heavy atom. The monoisotopic (exact) mass is 542 g/mol. The van der Waals surface area contributed by atoms with Crippen LogP contribution in [0.5, 0.6) is 11.5 Å². The second kappa shape index (κ2) is 11.3. The van der Waals surface area contributed by atoms with Gasteiger partial charge >= 0.3 is 11.7 Å². The third-order valence-corrected chi connectivity index (χ3v) is 5.62. The highest BCUT2D eigenvalue weighted by Crippen LogP contribution is 2.37. The molecule has 10 nitrogen and oxygen atoms in total. The van der Waals surface area contributed by atoms with E-state index in [1.54, 1.807) is 6.92 Å². The molecule has 0 bridgehead atoms. The molecule has 0 fully saturated rings. The van der Waals surface area contributed by atoms with Crippen molar-refractivity contribution in [3.63, 3.8) is 0 Å². The van der Waals surface area contributed by atoms with Crippen LogP contribution in [-0.4, -0.2) is 31.9 Å². The molecule has 0 aliphatic heterocycles. The van der Waals surface area contributed by atoms with Crippen molar-refractivity contribution in [2.45, 2.75) is 19.9 Å².